The molecule has 0 bridgehead atoms. The SMILES string of the molecule is CCC(OC)c1nc(-c2ccc(Br)cc2)c(C)s1. The van der Waals surface area contributed by atoms with E-state index in [1.54, 1.807) is 18.4 Å². The summed E-state index contributed by atoms with van der Waals surface area (Å²) in [5.74, 6) is 0. The van der Waals surface area contributed by atoms with E-state index in [0.29, 0.717) is 0 Å². The molecule has 1 unspecified atom stereocenters. The van der Waals surface area contributed by atoms with Crippen LogP contribution in [-0.2, 0) is 4.74 Å². The standard InChI is InChI=1S/C14H16BrNOS/c1-4-12(17-3)14-16-13(9(2)18-14)10-5-7-11(15)8-6-10/h5-8,12H,4H2,1-3H3. The smallest absolute Gasteiger partial charge is 0.122 e. The Balaban J connectivity index is 2.37. The molecule has 1 aromatic heterocycles. The molecule has 2 aromatic rings. The molecule has 1 aromatic carbocycles. The third-order valence-electron chi connectivity index (χ3n) is 2.86. The molecule has 0 fully saturated rings. The van der Waals surface area contributed by atoms with Crippen molar-refractivity contribution in [1.82, 2.24) is 4.98 Å². The second kappa shape index (κ2) is 5.95. The Morgan fingerprint density at radius 2 is 2.00 bits per heavy atom. The molecule has 0 aliphatic rings. The molecule has 4 heteroatoms. The van der Waals surface area contributed by atoms with Gasteiger partial charge in [0.1, 0.15) is 11.1 Å². The minimum atomic E-state index is 0.109. The third-order valence-corrected chi connectivity index (χ3v) is 4.45. The number of hydrogen-bond acceptors (Lipinski definition) is 3. The van der Waals surface area contributed by atoms with Crippen LogP contribution in [0.5, 0.6) is 0 Å². The number of methoxy groups -OCH3 is 1. The van der Waals surface area contributed by atoms with Crippen LogP contribution in [0.4, 0.5) is 0 Å². The molecule has 0 aliphatic heterocycles. The number of rotatable bonds is 4. The summed E-state index contributed by atoms with van der Waals surface area (Å²) in [5, 5.41) is 1.07. The van der Waals surface area contributed by atoms with Crippen molar-refractivity contribution in [1.29, 1.82) is 0 Å². The second-order valence-corrected chi connectivity index (χ2v) is 6.25. The van der Waals surface area contributed by atoms with Gasteiger partial charge in [-0.2, -0.15) is 0 Å². The van der Waals surface area contributed by atoms with Gasteiger partial charge in [-0.05, 0) is 25.5 Å². The van der Waals surface area contributed by atoms with Crippen molar-refractivity contribution < 1.29 is 4.74 Å². The van der Waals surface area contributed by atoms with E-state index in [1.807, 2.05) is 12.1 Å². The van der Waals surface area contributed by atoms with E-state index < -0.39 is 0 Å². The summed E-state index contributed by atoms with van der Waals surface area (Å²) >= 11 is 5.17. The average Bonchev–Trinajstić information content (AvgIpc) is 2.74. The maximum atomic E-state index is 5.45. The van der Waals surface area contributed by atoms with Gasteiger partial charge >= 0.3 is 0 Å². The fraction of sp³-hybridized carbons (Fsp3) is 0.357. The number of halogens is 1. The van der Waals surface area contributed by atoms with Gasteiger partial charge in [-0.25, -0.2) is 4.98 Å². The van der Waals surface area contributed by atoms with E-state index in [9.17, 15) is 0 Å². The summed E-state index contributed by atoms with van der Waals surface area (Å²) in [7, 11) is 1.74. The quantitative estimate of drug-likeness (QED) is 0.791. The molecule has 1 heterocycles. The van der Waals surface area contributed by atoms with Crippen molar-refractivity contribution >= 4 is 27.3 Å². The highest BCUT2D eigenvalue weighted by atomic mass is 79.9. The van der Waals surface area contributed by atoms with Crippen LogP contribution in [-0.4, -0.2) is 12.1 Å². The number of thiazole rings is 1. The lowest BCUT2D eigenvalue weighted by Crippen LogP contribution is -1.98. The fourth-order valence-electron chi connectivity index (χ4n) is 1.87. The summed E-state index contributed by atoms with van der Waals surface area (Å²) in [6, 6.07) is 8.26. The van der Waals surface area contributed by atoms with Gasteiger partial charge in [0.15, 0.2) is 0 Å². The van der Waals surface area contributed by atoms with Crippen LogP contribution in [0.15, 0.2) is 28.7 Å². The van der Waals surface area contributed by atoms with Gasteiger partial charge < -0.3 is 4.74 Å². The minimum absolute atomic E-state index is 0.109. The predicted molar refractivity (Wildman–Crippen MR) is 80.0 cm³/mol. The van der Waals surface area contributed by atoms with Crippen LogP contribution in [0.3, 0.4) is 0 Å². The molecule has 0 saturated heterocycles. The lowest BCUT2D eigenvalue weighted by molar-refractivity contribution is 0.0998. The van der Waals surface area contributed by atoms with Crippen LogP contribution in [0.1, 0.15) is 29.3 Å². The van der Waals surface area contributed by atoms with Crippen molar-refractivity contribution in [3.8, 4) is 11.3 Å². The van der Waals surface area contributed by atoms with E-state index in [0.717, 1.165) is 27.2 Å². The summed E-state index contributed by atoms with van der Waals surface area (Å²) < 4.78 is 6.54. The zero-order chi connectivity index (χ0) is 13.1. The first kappa shape index (κ1) is 13.7. The van der Waals surface area contributed by atoms with Gasteiger partial charge in [0.05, 0.1) is 5.69 Å². The highest BCUT2D eigenvalue weighted by molar-refractivity contribution is 9.10. The highest BCUT2D eigenvalue weighted by Gasteiger charge is 2.16. The second-order valence-electron chi connectivity index (χ2n) is 4.10. The first-order chi connectivity index (χ1) is 8.65. The van der Waals surface area contributed by atoms with Crippen LogP contribution in [0.2, 0.25) is 0 Å². The van der Waals surface area contributed by atoms with Crippen molar-refractivity contribution in [2.75, 3.05) is 7.11 Å². The monoisotopic (exact) mass is 325 g/mol. The number of nitrogens with zero attached hydrogens (tertiary/aromatic N) is 1. The lowest BCUT2D eigenvalue weighted by Gasteiger charge is -2.08. The maximum Gasteiger partial charge on any atom is 0.122 e. The number of ether oxygens (including phenoxy) is 1. The van der Waals surface area contributed by atoms with Crippen LogP contribution in [0.25, 0.3) is 11.3 Å². The molecule has 1 atom stereocenters. The maximum absolute atomic E-state index is 5.45. The number of hydrogen-bond donors (Lipinski definition) is 0. The summed E-state index contributed by atoms with van der Waals surface area (Å²) in [6.45, 7) is 4.23. The van der Waals surface area contributed by atoms with Crippen molar-refractivity contribution in [2.24, 2.45) is 0 Å². The molecule has 0 spiro atoms. The Morgan fingerprint density at radius 3 is 2.56 bits per heavy atom. The van der Waals surface area contributed by atoms with Crippen LogP contribution in [0, 0.1) is 6.92 Å². The van der Waals surface area contributed by atoms with Crippen molar-refractivity contribution in [3.05, 3.63) is 38.6 Å². The van der Waals surface area contributed by atoms with E-state index in [-0.39, 0.29) is 6.10 Å². The molecule has 0 N–H and O–H groups in total. The molecule has 2 nitrogen and oxygen atoms in total. The van der Waals surface area contributed by atoms with E-state index in [1.165, 1.54) is 4.88 Å². The number of aryl methyl sites for hydroxylation is 1. The number of benzene rings is 1. The molecule has 2 rings (SSSR count). The molecule has 0 radical (unpaired) electrons. The Labute approximate surface area is 120 Å². The van der Waals surface area contributed by atoms with E-state index in [4.69, 9.17) is 9.72 Å². The van der Waals surface area contributed by atoms with E-state index in [2.05, 4.69) is 41.9 Å². The molecule has 18 heavy (non-hydrogen) atoms. The predicted octanol–water partition coefficient (Wildman–Crippen LogP) is 4.98. The average molecular weight is 326 g/mol. The molecule has 0 aliphatic carbocycles. The Hall–Kier alpha value is -0.710. The molecular weight excluding hydrogens is 310 g/mol. The van der Waals surface area contributed by atoms with Gasteiger partial charge in [-0.3, -0.25) is 0 Å². The van der Waals surface area contributed by atoms with Crippen LogP contribution < -0.4 is 0 Å². The van der Waals surface area contributed by atoms with Crippen LogP contribution >= 0.6 is 27.3 Å². The first-order valence-electron chi connectivity index (χ1n) is 5.91. The number of aromatic nitrogens is 1. The minimum Gasteiger partial charge on any atom is -0.374 e. The van der Waals surface area contributed by atoms with Gasteiger partial charge in [0, 0.05) is 22.0 Å². The normalized spacial score (nSPS) is 12.7. The van der Waals surface area contributed by atoms with Crippen molar-refractivity contribution in [2.45, 2.75) is 26.4 Å². The van der Waals surface area contributed by atoms with Gasteiger partial charge in [-0.15, -0.1) is 11.3 Å². The molecule has 96 valence electrons. The summed E-state index contributed by atoms with van der Waals surface area (Å²) in [5.41, 5.74) is 2.22. The zero-order valence-corrected chi connectivity index (χ0v) is 13.1. The Kier molecular flexibility index (Phi) is 4.54. The molecular formula is C14H16BrNOS. The van der Waals surface area contributed by atoms with Gasteiger partial charge in [0.2, 0.25) is 0 Å². The van der Waals surface area contributed by atoms with Gasteiger partial charge in [-0.1, -0.05) is 35.0 Å². The first-order valence-corrected chi connectivity index (χ1v) is 7.52. The molecule has 0 saturated carbocycles. The zero-order valence-electron chi connectivity index (χ0n) is 10.7. The topological polar surface area (TPSA) is 22.1 Å². The Morgan fingerprint density at radius 1 is 1.33 bits per heavy atom. The largest absolute Gasteiger partial charge is 0.374 e. The van der Waals surface area contributed by atoms with Gasteiger partial charge in [0.25, 0.3) is 0 Å². The third kappa shape index (κ3) is 2.82. The van der Waals surface area contributed by atoms with Crippen molar-refractivity contribution in [3.63, 3.8) is 0 Å². The molecule has 0 amide bonds. The highest BCUT2D eigenvalue weighted by Crippen LogP contribution is 2.33. The Bertz CT molecular complexity index is 517. The fourth-order valence-corrected chi connectivity index (χ4v) is 3.24. The summed E-state index contributed by atoms with van der Waals surface area (Å²) in [4.78, 5) is 5.97. The van der Waals surface area contributed by atoms with E-state index >= 15 is 0 Å². The summed E-state index contributed by atoms with van der Waals surface area (Å²) in [6.07, 6.45) is 1.06. The lowest BCUT2D eigenvalue weighted by atomic mass is 10.1.